The van der Waals surface area contributed by atoms with Crippen LogP contribution in [0.3, 0.4) is 0 Å². The van der Waals surface area contributed by atoms with E-state index < -0.39 is 10.0 Å². The van der Waals surface area contributed by atoms with Crippen LogP contribution in [0.5, 0.6) is 5.75 Å². The molecule has 2 aromatic rings. The number of amides is 1. The van der Waals surface area contributed by atoms with E-state index in [2.05, 4.69) is 15.9 Å². The lowest BCUT2D eigenvalue weighted by molar-refractivity contribution is 0.0992. The van der Waals surface area contributed by atoms with Gasteiger partial charge in [-0.15, -0.1) is 0 Å². The zero-order valence-electron chi connectivity index (χ0n) is 17.7. The number of piperidine rings is 1. The van der Waals surface area contributed by atoms with E-state index in [0.717, 1.165) is 35.0 Å². The summed E-state index contributed by atoms with van der Waals surface area (Å²) in [6, 6.07) is 10.2. The predicted octanol–water partition coefficient (Wildman–Crippen LogP) is 4.61. The summed E-state index contributed by atoms with van der Waals surface area (Å²) in [6.45, 7) is 4.32. The quantitative estimate of drug-likeness (QED) is 0.608. The van der Waals surface area contributed by atoms with Gasteiger partial charge in [-0.1, -0.05) is 22.4 Å². The van der Waals surface area contributed by atoms with Crippen LogP contribution in [0.25, 0.3) is 0 Å². The van der Waals surface area contributed by atoms with Crippen LogP contribution in [0.1, 0.15) is 42.1 Å². The summed E-state index contributed by atoms with van der Waals surface area (Å²) < 4.78 is 34.6. The molecule has 1 heterocycles. The Morgan fingerprint density at radius 1 is 1.20 bits per heavy atom. The Balaban J connectivity index is 2.00. The monoisotopic (exact) mass is 494 g/mol. The van der Waals surface area contributed by atoms with Crippen LogP contribution in [-0.2, 0) is 10.0 Å². The van der Waals surface area contributed by atoms with E-state index in [1.807, 2.05) is 32.0 Å². The Morgan fingerprint density at radius 3 is 2.57 bits per heavy atom. The maximum Gasteiger partial charge on any atom is 0.258 e. The van der Waals surface area contributed by atoms with Crippen molar-refractivity contribution in [2.24, 2.45) is 0 Å². The molecule has 30 heavy (non-hydrogen) atoms. The number of anilines is 1. The number of nitrogens with zero attached hydrogens (tertiary/aromatic N) is 2. The largest absolute Gasteiger partial charge is 0.495 e. The van der Waals surface area contributed by atoms with Crippen LogP contribution >= 0.6 is 15.9 Å². The van der Waals surface area contributed by atoms with Crippen LogP contribution in [-0.4, -0.2) is 45.4 Å². The number of methoxy groups -OCH3 is 1. The molecule has 2 aromatic carbocycles. The number of hydrogen-bond acceptors (Lipinski definition) is 4. The molecule has 0 saturated carbocycles. The number of rotatable bonds is 5. The molecule has 0 aromatic heterocycles. The minimum Gasteiger partial charge on any atom is -0.495 e. The molecule has 1 atom stereocenters. The Labute approximate surface area is 187 Å². The molecule has 6 nitrogen and oxygen atoms in total. The van der Waals surface area contributed by atoms with Gasteiger partial charge in [0.1, 0.15) is 10.6 Å². The Kier molecular flexibility index (Phi) is 6.89. The third kappa shape index (κ3) is 4.40. The van der Waals surface area contributed by atoms with Gasteiger partial charge in [0, 0.05) is 35.4 Å². The SMILES string of the molecule is COc1ccc(C(=O)N(C)c2ccc(Br)cc2C)cc1S(=O)(=O)N1CCCCC1C. The molecule has 0 radical (unpaired) electrons. The van der Waals surface area contributed by atoms with Gasteiger partial charge < -0.3 is 9.64 Å². The van der Waals surface area contributed by atoms with Gasteiger partial charge in [-0.05, 0) is 68.7 Å². The number of sulfonamides is 1. The average molecular weight is 495 g/mol. The molecule has 1 aliphatic rings. The Hall–Kier alpha value is -1.90. The van der Waals surface area contributed by atoms with Gasteiger partial charge in [0.15, 0.2) is 0 Å². The number of aryl methyl sites for hydroxylation is 1. The third-order valence-corrected chi connectivity index (χ3v) is 8.09. The standard InChI is InChI=1S/C22H27BrN2O4S/c1-15-13-18(23)9-10-19(15)24(3)22(26)17-8-11-20(29-4)21(14-17)30(27,28)25-12-6-5-7-16(25)2/h8-11,13-14,16H,5-7,12H2,1-4H3. The highest BCUT2D eigenvalue weighted by atomic mass is 79.9. The number of carbonyl (C=O) groups is 1. The summed E-state index contributed by atoms with van der Waals surface area (Å²) in [5.41, 5.74) is 1.99. The molecule has 1 amide bonds. The zero-order valence-corrected chi connectivity index (χ0v) is 20.1. The van der Waals surface area contributed by atoms with Gasteiger partial charge in [-0.2, -0.15) is 4.31 Å². The fraction of sp³-hybridized carbons (Fsp3) is 0.409. The first-order valence-corrected chi connectivity index (χ1v) is 12.1. The van der Waals surface area contributed by atoms with Crippen molar-refractivity contribution in [2.75, 3.05) is 25.6 Å². The van der Waals surface area contributed by atoms with E-state index in [-0.39, 0.29) is 22.6 Å². The maximum absolute atomic E-state index is 13.4. The molecule has 162 valence electrons. The molecule has 0 spiro atoms. The van der Waals surface area contributed by atoms with Gasteiger partial charge >= 0.3 is 0 Å². The maximum atomic E-state index is 13.4. The van der Waals surface area contributed by atoms with Crippen molar-refractivity contribution in [2.45, 2.75) is 44.0 Å². The molecule has 8 heteroatoms. The molecular weight excluding hydrogens is 468 g/mol. The normalized spacial score (nSPS) is 17.6. The van der Waals surface area contributed by atoms with E-state index in [1.165, 1.54) is 22.4 Å². The zero-order chi connectivity index (χ0) is 22.1. The van der Waals surface area contributed by atoms with Crippen molar-refractivity contribution in [3.8, 4) is 5.75 Å². The molecule has 1 fully saturated rings. The van der Waals surface area contributed by atoms with Crippen LogP contribution < -0.4 is 9.64 Å². The fourth-order valence-electron chi connectivity index (χ4n) is 3.86. The van der Waals surface area contributed by atoms with E-state index in [0.29, 0.717) is 12.1 Å². The summed E-state index contributed by atoms with van der Waals surface area (Å²) in [5.74, 6) is -0.0435. The molecule has 1 unspecified atom stereocenters. The molecule has 0 aliphatic carbocycles. The second-order valence-electron chi connectivity index (χ2n) is 7.62. The molecule has 1 aliphatic heterocycles. The molecular formula is C22H27BrN2O4S. The highest BCUT2D eigenvalue weighted by molar-refractivity contribution is 9.10. The first-order chi connectivity index (χ1) is 14.2. The first-order valence-electron chi connectivity index (χ1n) is 9.91. The van der Waals surface area contributed by atoms with Crippen molar-refractivity contribution in [3.05, 3.63) is 52.0 Å². The van der Waals surface area contributed by atoms with Gasteiger partial charge in [0.25, 0.3) is 5.91 Å². The lowest BCUT2D eigenvalue weighted by Crippen LogP contribution is -2.42. The molecule has 1 saturated heterocycles. The number of ether oxygens (including phenoxy) is 1. The van der Waals surface area contributed by atoms with Crippen molar-refractivity contribution >= 4 is 37.5 Å². The van der Waals surface area contributed by atoms with Gasteiger partial charge in [-0.25, -0.2) is 8.42 Å². The highest BCUT2D eigenvalue weighted by Gasteiger charge is 2.34. The van der Waals surface area contributed by atoms with Crippen molar-refractivity contribution in [1.29, 1.82) is 0 Å². The third-order valence-electron chi connectivity index (χ3n) is 5.56. The number of halogens is 1. The molecule has 3 rings (SSSR count). The minimum absolute atomic E-state index is 0.0329. The summed E-state index contributed by atoms with van der Waals surface area (Å²) >= 11 is 3.43. The van der Waals surface area contributed by atoms with E-state index in [1.54, 1.807) is 19.2 Å². The second-order valence-corrected chi connectivity index (χ2v) is 10.4. The van der Waals surface area contributed by atoms with E-state index in [4.69, 9.17) is 4.74 Å². The van der Waals surface area contributed by atoms with Crippen LogP contribution in [0, 0.1) is 6.92 Å². The summed E-state index contributed by atoms with van der Waals surface area (Å²) in [4.78, 5) is 14.7. The van der Waals surface area contributed by atoms with Crippen molar-refractivity contribution in [3.63, 3.8) is 0 Å². The van der Waals surface area contributed by atoms with Crippen molar-refractivity contribution in [1.82, 2.24) is 4.31 Å². The van der Waals surface area contributed by atoms with Crippen LogP contribution in [0.2, 0.25) is 0 Å². The first kappa shape index (κ1) is 22.8. The Bertz CT molecular complexity index is 1060. The van der Waals surface area contributed by atoms with E-state index >= 15 is 0 Å². The predicted molar refractivity (Wildman–Crippen MR) is 122 cm³/mol. The molecule has 0 bridgehead atoms. The van der Waals surface area contributed by atoms with Crippen LogP contribution in [0.4, 0.5) is 5.69 Å². The second kappa shape index (κ2) is 9.08. The Morgan fingerprint density at radius 2 is 1.93 bits per heavy atom. The number of carbonyl (C=O) groups excluding carboxylic acids is 1. The van der Waals surface area contributed by atoms with Gasteiger partial charge in [0.05, 0.1) is 7.11 Å². The highest BCUT2D eigenvalue weighted by Crippen LogP contribution is 2.32. The summed E-state index contributed by atoms with van der Waals surface area (Å²) in [6.07, 6.45) is 2.67. The van der Waals surface area contributed by atoms with Crippen molar-refractivity contribution < 1.29 is 17.9 Å². The van der Waals surface area contributed by atoms with E-state index in [9.17, 15) is 13.2 Å². The van der Waals surface area contributed by atoms with Gasteiger partial charge in [0.2, 0.25) is 10.0 Å². The summed E-state index contributed by atoms with van der Waals surface area (Å²) in [7, 11) is -0.661. The molecule has 0 N–H and O–H groups in total. The lowest BCUT2D eigenvalue weighted by atomic mass is 10.1. The fourth-order valence-corrected chi connectivity index (χ4v) is 6.22. The average Bonchev–Trinajstić information content (AvgIpc) is 2.72. The topological polar surface area (TPSA) is 66.9 Å². The summed E-state index contributed by atoms with van der Waals surface area (Å²) in [5, 5.41) is 0. The number of benzene rings is 2. The van der Waals surface area contributed by atoms with Gasteiger partial charge in [-0.3, -0.25) is 4.79 Å². The minimum atomic E-state index is -3.78. The van der Waals surface area contributed by atoms with Crippen LogP contribution in [0.15, 0.2) is 45.8 Å². The number of hydrogen-bond donors (Lipinski definition) is 0. The smallest absolute Gasteiger partial charge is 0.258 e. The lowest BCUT2D eigenvalue weighted by Gasteiger charge is -2.32.